The van der Waals surface area contributed by atoms with Gasteiger partial charge >= 0.3 is 0 Å². The summed E-state index contributed by atoms with van der Waals surface area (Å²) in [6.07, 6.45) is 2.20. The molecule has 0 atom stereocenters. The minimum absolute atomic E-state index is 0.131. The lowest BCUT2D eigenvalue weighted by Gasteiger charge is -2.22. The molecule has 21 heavy (non-hydrogen) atoms. The molecule has 2 nitrogen and oxygen atoms in total. The van der Waals surface area contributed by atoms with Gasteiger partial charge in [0.15, 0.2) is 0 Å². The number of nitrogens with zero attached hydrogens (tertiary/aromatic N) is 1. The molecule has 0 N–H and O–H groups in total. The molecule has 0 aliphatic heterocycles. The van der Waals surface area contributed by atoms with Crippen molar-refractivity contribution in [2.45, 2.75) is 32.4 Å². The lowest BCUT2D eigenvalue weighted by atomic mass is 10.2. The van der Waals surface area contributed by atoms with Crippen LogP contribution in [0.5, 0.6) is 0 Å². The van der Waals surface area contributed by atoms with Crippen molar-refractivity contribution in [1.29, 1.82) is 0 Å². The Kier molecular flexibility index (Phi) is 4.38. The quantitative estimate of drug-likeness (QED) is 0.702. The van der Waals surface area contributed by atoms with Crippen LogP contribution in [0.2, 0.25) is 5.02 Å². The molecule has 0 radical (unpaired) electrons. The van der Waals surface area contributed by atoms with Crippen molar-refractivity contribution < 1.29 is 4.79 Å². The van der Waals surface area contributed by atoms with Crippen LogP contribution >= 0.6 is 38.9 Å². The molecule has 5 heteroatoms. The van der Waals surface area contributed by atoms with Gasteiger partial charge < -0.3 is 4.90 Å². The van der Waals surface area contributed by atoms with Gasteiger partial charge in [-0.05, 0) is 65.0 Å². The molecule has 2 aromatic rings. The molecule has 1 aliphatic rings. The summed E-state index contributed by atoms with van der Waals surface area (Å²) in [7, 11) is 0. The van der Waals surface area contributed by atoms with Crippen molar-refractivity contribution in [1.82, 2.24) is 4.90 Å². The zero-order valence-corrected chi connectivity index (χ0v) is 14.8. The van der Waals surface area contributed by atoms with E-state index in [9.17, 15) is 4.79 Å². The Morgan fingerprint density at radius 2 is 2.05 bits per heavy atom. The molecular weight excluding hydrogens is 370 g/mol. The summed E-state index contributed by atoms with van der Waals surface area (Å²) < 4.78 is 1.04. The lowest BCUT2D eigenvalue weighted by molar-refractivity contribution is 0.0735. The smallest absolute Gasteiger partial charge is 0.264 e. The van der Waals surface area contributed by atoms with Gasteiger partial charge in [-0.25, -0.2) is 0 Å². The van der Waals surface area contributed by atoms with E-state index >= 15 is 0 Å². The number of halogens is 2. The fourth-order valence-corrected chi connectivity index (χ4v) is 3.86. The second kappa shape index (κ2) is 6.11. The molecule has 0 bridgehead atoms. The molecule has 3 rings (SSSR count). The predicted octanol–water partition coefficient (Wildman–Crippen LogP) is 5.28. The van der Waals surface area contributed by atoms with Crippen LogP contribution in [-0.2, 0) is 6.54 Å². The van der Waals surface area contributed by atoms with Crippen LogP contribution in [0.3, 0.4) is 0 Å². The van der Waals surface area contributed by atoms with Crippen LogP contribution in [0.25, 0.3) is 0 Å². The third kappa shape index (κ3) is 3.50. The van der Waals surface area contributed by atoms with E-state index in [1.165, 1.54) is 11.3 Å². The van der Waals surface area contributed by atoms with E-state index < -0.39 is 0 Å². The molecule has 1 aromatic carbocycles. The molecule has 1 aliphatic carbocycles. The molecule has 110 valence electrons. The number of benzene rings is 1. The average Bonchev–Trinajstić information content (AvgIpc) is 3.24. The van der Waals surface area contributed by atoms with Crippen molar-refractivity contribution in [3.63, 3.8) is 0 Å². The van der Waals surface area contributed by atoms with Crippen molar-refractivity contribution in [3.05, 3.63) is 55.1 Å². The molecule has 0 saturated heterocycles. The van der Waals surface area contributed by atoms with Gasteiger partial charge in [0.1, 0.15) is 0 Å². The largest absolute Gasteiger partial charge is 0.331 e. The highest BCUT2D eigenvalue weighted by molar-refractivity contribution is 9.11. The number of amides is 1. The summed E-state index contributed by atoms with van der Waals surface area (Å²) in [4.78, 5) is 15.5. The Labute approximate surface area is 141 Å². The lowest BCUT2D eigenvalue weighted by Crippen LogP contribution is -2.32. The molecule has 0 spiro atoms. The molecule has 0 unspecified atom stereocenters. The molecule has 1 aromatic heterocycles. The minimum atomic E-state index is 0.131. The molecule has 1 saturated carbocycles. The van der Waals surface area contributed by atoms with Crippen molar-refractivity contribution in [2.75, 3.05) is 0 Å². The fraction of sp³-hybridized carbons (Fsp3) is 0.312. The highest BCUT2D eigenvalue weighted by Crippen LogP contribution is 2.33. The first kappa shape index (κ1) is 15.1. The highest BCUT2D eigenvalue weighted by Gasteiger charge is 2.33. The van der Waals surface area contributed by atoms with Gasteiger partial charge in [-0.1, -0.05) is 23.7 Å². The standard InChI is InChI=1S/C16H15BrClNOS/c1-10-8-14(21-15(10)17)16(20)19(13-6-7-13)9-11-2-4-12(18)5-3-11/h2-5,8,13H,6-7,9H2,1H3. The molecule has 1 fully saturated rings. The van der Waals surface area contributed by atoms with Crippen LogP contribution < -0.4 is 0 Å². The molecule has 1 heterocycles. The summed E-state index contributed by atoms with van der Waals surface area (Å²) in [6.45, 7) is 2.66. The third-order valence-electron chi connectivity index (χ3n) is 3.58. The van der Waals surface area contributed by atoms with Crippen LogP contribution in [0.15, 0.2) is 34.1 Å². The minimum Gasteiger partial charge on any atom is -0.331 e. The van der Waals surface area contributed by atoms with Crippen LogP contribution in [0, 0.1) is 6.92 Å². The zero-order chi connectivity index (χ0) is 15.0. The maximum Gasteiger partial charge on any atom is 0.264 e. The van der Waals surface area contributed by atoms with E-state index in [2.05, 4.69) is 15.9 Å². The van der Waals surface area contributed by atoms with Gasteiger partial charge in [-0.3, -0.25) is 4.79 Å². The summed E-state index contributed by atoms with van der Waals surface area (Å²) in [5.74, 6) is 0.131. The van der Waals surface area contributed by atoms with Crippen molar-refractivity contribution in [2.24, 2.45) is 0 Å². The van der Waals surface area contributed by atoms with Crippen molar-refractivity contribution in [3.8, 4) is 0 Å². The number of aryl methyl sites for hydroxylation is 1. The number of carbonyl (C=O) groups excluding carboxylic acids is 1. The first-order chi connectivity index (χ1) is 10.0. The van der Waals surface area contributed by atoms with E-state index in [0.717, 1.165) is 37.7 Å². The number of carbonyl (C=O) groups is 1. The number of thiophene rings is 1. The Hall–Kier alpha value is -0.840. The predicted molar refractivity (Wildman–Crippen MR) is 91.1 cm³/mol. The maximum atomic E-state index is 12.8. The monoisotopic (exact) mass is 383 g/mol. The number of rotatable bonds is 4. The summed E-state index contributed by atoms with van der Waals surface area (Å²) in [5.41, 5.74) is 2.23. The second-order valence-electron chi connectivity index (χ2n) is 5.36. The van der Waals surface area contributed by atoms with E-state index in [1.807, 2.05) is 42.2 Å². The van der Waals surface area contributed by atoms with E-state index in [0.29, 0.717) is 12.6 Å². The Bertz CT molecular complexity index is 644. The van der Waals surface area contributed by atoms with E-state index in [1.54, 1.807) is 0 Å². The molecular formula is C16H15BrClNOS. The van der Waals surface area contributed by atoms with Crippen LogP contribution in [0.4, 0.5) is 0 Å². The third-order valence-corrected chi connectivity index (χ3v) is 5.96. The average molecular weight is 385 g/mol. The van der Waals surface area contributed by atoms with Crippen molar-refractivity contribution >= 4 is 44.8 Å². The number of hydrogen-bond acceptors (Lipinski definition) is 2. The van der Waals surface area contributed by atoms with Gasteiger partial charge in [0.05, 0.1) is 8.66 Å². The fourth-order valence-electron chi connectivity index (χ4n) is 2.25. The molecule has 1 amide bonds. The Morgan fingerprint density at radius 1 is 1.38 bits per heavy atom. The van der Waals surface area contributed by atoms with Gasteiger partial charge in [-0.2, -0.15) is 0 Å². The van der Waals surface area contributed by atoms with Gasteiger partial charge in [0.25, 0.3) is 5.91 Å². The van der Waals surface area contributed by atoms with Gasteiger partial charge in [0, 0.05) is 17.6 Å². The summed E-state index contributed by atoms with van der Waals surface area (Å²) in [5, 5.41) is 0.723. The van der Waals surface area contributed by atoms with Crippen LogP contribution in [0.1, 0.15) is 33.6 Å². The second-order valence-corrected chi connectivity index (χ2v) is 8.16. The normalized spacial score (nSPS) is 14.2. The SMILES string of the molecule is Cc1cc(C(=O)N(Cc2ccc(Cl)cc2)C2CC2)sc1Br. The Morgan fingerprint density at radius 3 is 2.57 bits per heavy atom. The van der Waals surface area contributed by atoms with E-state index in [4.69, 9.17) is 11.6 Å². The summed E-state index contributed by atoms with van der Waals surface area (Å²) >= 11 is 10.9. The number of hydrogen-bond donors (Lipinski definition) is 0. The first-order valence-corrected chi connectivity index (χ1v) is 8.84. The highest BCUT2D eigenvalue weighted by atomic mass is 79.9. The summed E-state index contributed by atoms with van der Waals surface area (Å²) in [6, 6.07) is 10.1. The van der Waals surface area contributed by atoms with Gasteiger partial charge in [0.2, 0.25) is 0 Å². The first-order valence-electron chi connectivity index (χ1n) is 6.86. The Balaban J connectivity index is 1.81. The van der Waals surface area contributed by atoms with Crippen LogP contribution in [-0.4, -0.2) is 16.8 Å². The maximum absolute atomic E-state index is 12.8. The zero-order valence-electron chi connectivity index (χ0n) is 11.6. The topological polar surface area (TPSA) is 20.3 Å². The van der Waals surface area contributed by atoms with Gasteiger partial charge in [-0.15, -0.1) is 11.3 Å². The van der Waals surface area contributed by atoms with E-state index in [-0.39, 0.29) is 5.91 Å².